The van der Waals surface area contributed by atoms with Crippen molar-refractivity contribution in [3.63, 3.8) is 0 Å². The molecule has 0 aliphatic carbocycles. The van der Waals surface area contributed by atoms with E-state index in [1.807, 2.05) is 36.1 Å². The maximum absolute atomic E-state index is 12.4. The largest absolute Gasteiger partial charge is 0.348 e. The Labute approximate surface area is 136 Å². The number of carbonyl (C=O) groups is 1. The lowest BCUT2D eigenvalue weighted by molar-refractivity contribution is -0.191. The lowest BCUT2D eigenvalue weighted by Gasteiger charge is -2.39. The maximum atomic E-state index is 12.4. The molecule has 2 saturated heterocycles. The summed E-state index contributed by atoms with van der Waals surface area (Å²) in [6, 6.07) is 7.50. The molecule has 0 spiro atoms. The number of amides is 1. The Balaban J connectivity index is 1.53. The van der Waals surface area contributed by atoms with Crippen molar-refractivity contribution in [3.8, 4) is 0 Å². The van der Waals surface area contributed by atoms with Crippen LogP contribution < -0.4 is 0 Å². The number of ether oxygens (including phenoxy) is 2. The second-order valence-electron chi connectivity index (χ2n) is 6.17. The molecule has 0 atom stereocenters. The topological polar surface area (TPSA) is 38.8 Å². The van der Waals surface area contributed by atoms with E-state index in [2.05, 4.69) is 0 Å². The Morgan fingerprint density at radius 3 is 2.64 bits per heavy atom. The average molecular weight is 324 g/mol. The van der Waals surface area contributed by atoms with E-state index in [4.69, 9.17) is 21.1 Å². The van der Waals surface area contributed by atoms with Crippen LogP contribution in [-0.4, -0.2) is 42.9 Å². The minimum atomic E-state index is -0.456. The molecule has 2 aliphatic rings. The molecule has 4 nitrogen and oxygen atoms in total. The Bertz CT molecular complexity index is 534. The van der Waals surface area contributed by atoms with E-state index in [0.717, 1.165) is 31.5 Å². The fourth-order valence-corrected chi connectivity index (χ4v) is 3.57. The molecule has 0 saturated carbocycles. The second-order valence-corrected chi connectivity index (χ2v) is 6.61. The van der Waals surface area contributed by atoms with Crippen molar-refractivity contribution in [1.29, 1.82) is 0 Å². The van der Waals surface area contributed by atoms with E-state index in [-0.39, 0.29) is 5.91 Å². The lowest BCUT2D eigenvalue weighted by atomic mass is 9.89. The van der Waals surface area contributed by atoms with Crippen LogP contribution >= 0.6 is 11.6 Å². The van der Waals surface area contributed by atoms with Crippen LogP contribution in [0.2, 0.25) is 5.02 Å². The van der Waals surface area contributed by atoms with Crippen LogP contribution in [-0.2, 0) is 20.7 Å². The first kappa shape index (κ1) is 15.8. The molecule has 120 valence electrons. The number of piperidine rings is 1. The van der Waals surface area contributed by atoms with Gasteiger partial charge in [0, 0.05) is 24.0 Å². The summed E-state index contributed by atoms with van der Waals surface area (Å²) in [5.41, 5.74) is 0.967. The van der Waals surface area contributed by atoms with E-state index in [9.17, 15) is 4.79 Å². The molecule has 0 radical (unpaired) electrons. The summed E-state index contributed by atoms with van der Waals surface area (Å²) >= 11 is 5.97. The lowest BCUT2D eigenvalue weighted by Crippen LogP contribution is -2.46. The van der Waals surface area contributed by atoms with Crippen molar-refractivity contribution in [2.75, 3.05) is 26.3 Å². The minimum Gasteiger partial charge on any atom is -0.348 e. The fourth-order valence-electron chi connectivity index (χ4n) is 3.35. The van der Waals surface area contributed by atoms with Crippen molar-refractivity contribution in [1.82, 2.24) is 4.90 Å². The smallest absolute Gasteiger partial charge is 0.226 e. The zero-order chi connectivity index (χ0) is 15.6. The fraction of sp³-hybridized carbons (Fsp3) is 0.588. The predicted molar refractivity (Wildman–Crippen MR) is 84.8 cm³/mol. The number of halogens is 1. The Morgan fingerprint density at radius 1 is 1.32 bits per heavy atom. The van der Waals surface area contributed by atoms with Crippen molar-refractivity contribution in [3.05, 3.63) is 34.9 Å². The highest BCUT2D eigenvalue weighted by atomic mass is 35.5. The molecule has 3 rings (SSSR count). The minimum absolute atomic E-state index is 0.166. The Morgan fingerprint density at radius 2 is 2.00 bits per heavy atom. The third-order valence-electron chi connectivity index (χ3n) is 4.69. The van der Waals surface area contributed by atoms with Crippen LogP contribution in [0.5, 0.6) is 0 Å². The zero-order valence-corrected chi connectivity index (χ0v) is 13.6. The quantitative estimate of drug-likeness (QED) is 0.858. The van der Waals surface area contributed by atoms with Gasteiger partial charge in [-0.15, -0.1) is 0 Å². The first-order chi connectivity index (χ1) is 10.6. The molecular weight excluding hydrogens is 302 g/mol. The van der Waals surface area contributed by atoms with Gasteiger partial charge in [-0.1, -0.05) is 23.7 Å². The van der Waals surface area contributed by atoms with Gasteiger partial charge in [0.15, 0.2) is 5.79 Å². The maximum Gasteiger partial charge on any atom is 0.226 e. The van der Waals surface area contributed by atoms with Gasteiger partial charge in [-0.05, 0) is 37.5 Å². The molecule has 1 amide bonds. The van der Waals surface area contributed by atoms with E-state index in [0.29, 0.717) is 30.6 Å². The molecule has 2 aliphatic heterocycles. The number of nitrogens with zero attached hydrogens (tertiary/aromatic N) is 1. The summed E-state index contributed by atoms with van der Waals surface area (Å²) in [6.07, 6.45) is 2.27. The molecule has 0 unspecified atom stereocenters. The summed E-state index contributed by atoms with van der Waals surface area (Å²) < 4.78 is 11.5. The molecular formula is C17H22ClNO3. The SMILES string of the molecule is CC1(C2CCN(C(=O)Cc3cccc(Cl)c3)CC2)OCCO1. The monoisotopic (exact) mass is 323 g/mol. The number of benzene rings is 1. The van der Waals surface area contributed by atoms with E-state index < -0.39 is 5.79 Å². The van der Waals surface area contributed by atoms with Gasteiger partial charge in [0.2, 0.25) is 5.91 Å². The van der Waals surface area contributed by atoms with Crippen LogP contribution in [0.3, 0.4) is 0 Å². The van der Waals surface area contributed by atoms with Gasteiger partial charge < -0.3 is 14.4 Å². The van der Waals surface area contributed by atoms with Crippen molar-refractivity contribution in [2.45, 2.75) is 32.0 Å². The third kappa shape index (κ3) is 3.45. The number of hydrogen-bond donors (Lipinski definition) is 0. The van der Waals surface area contributed by atoms with Crippen LogP contribution in [0.4, 0.5) is 0 Å². The number of rotatable bonds is 3. The Hall–Kier alpha value is -1.10. The van der Waals surface area contributed by atoms with Crippen LogP contribution in [0.15, 0.2) is 24.3 Å². The van der Waals surface area contributed by atoms with Crippen LogP contribution in [0.1, 0.15) is 25.3 Å². The summed E-state index contributed by atoms with van der Waals surface area (Å²) in [6.45, 7) is 4.90. The van der Waals surface area contributed by atoms with Crippen molar-refractivity contribution in [2.24, 2.45) is 5.92 Å². The summed E-state index contributed by atoms with van der Waals surface area (Å²) in [7, 11) is 0. The second kappa shape index (κ2) is 6.57. The van der Waals surface area contributed by atoms with Gasteiger partial charge >= 0.3 is 0 Å². The van der Waals surface area contributed by atoms with Gasteiger partial charge in [-0.25, -0.2) is 0 Å². The van der Waals surface area contributed by atoms with Gasteiger partial charge in [0.1, 0.15) is 0 Å². The highest BCUT2D eigenvalue weighted by molar-refractivity contribution is 6.30. The molecule has 2 heterocycles. The van der Waals surface area contributed by atoms with E-state index >= 15 is 0 Å². The van der Waals surface area contributed by atoms with E-state index in [1.165, 1.54) is 0 Å². The van der Waals surface area contributed by atoms with Crippen LogP contribution in [0, 0.1) is 5.92 Å². The first-order valence-corrected chi connectivity index (χ1v) is 8.25. The average Bonchev–Trinajstić information content (AvgIpc) is 2.95. The molecule has 2 fully saturated rings. The van der Waals surface area contributed by atoms with Crippen molar-refractivity contribution < 1.29 is 14.3 Å². The van der Waals surface area contributed by atoms with Gasteiger partial charge in [-0.3, -0.25) is 4.79 Å². The first-order valence-electron chi connectivity index (χ1n) is 7.87. The molecule has 1 aromatic rings. The van der Waals surface area contributed by atoms with Gasteiger partial charge in [0.05, 0.1) is 19.6 Å². The van der Waals surface area contributed by atoms with E-state index in [1.54, 1.807) is 0 Å². The summed E-state index contributed by atoms with van der Waals surface area (Å²) in [5.74, 6) is 0.0755. The summed E-state index contributed by atoms with van der Waals surface area (Å²) in [5, 5.41) is 0.674. The Kier molecular flexibility index (Phi) is 4.71. The molecule has 0 aromatic heterocycles. The highest BCUT2D eigenvalue weighted by Crippen LogP contribution is 2.35. The molecule has 5 heteroatoms. The standard InChI is InChI=1S/C17H22ClNO3/c1-17(21-9-10-22-17)14-5-7-19(8-6-14)16(20)12-13-3-2-4-15(18)11-13/h2-4,11,14H,5-10,12H2,1H3. The third-order valence-corrected chi connectivity index (χ3v) is 4.93. The molecule has 0 N–H and O–H groups in total. The zero-order valence-electron chi connectivity index (χ0n) is 12.9. The summed E-state index contributed by atoms with van der Waals surface area (Å²) in [4.78, 5) is 14.3. The van der Waals surface area contributed by atoms with Crippen molar-refractivity contribution >= 4 is 17.5 Å². The predicted octanol–water partition coefficient (Wildman–Crippen LogP) is 2.88. The number of hydrogen-bond acceptors (Lipinski definition) is 3. The molecule has 22 heavy (non-hydrogen) atoms. The number of likely N-dealkylation sites (tertiary alicyclic amines) is 1. The normalized spacial score (nSPS) is 22.0. The van der Waals surface area contributed by atoms with Gasteiger partial charge in [0.25, 0.3) is 0 Å². The molecule has 1 aromatic carbocycles. The highest BCUT2D eigenvalue weighted by Gasteiger charge is 2.41. The number of carbonyl (C=O) groups excluding carboxylic acids is 1. The molecule has 0 bridgehead atoms. The van der Waals surface area contributed by atoms with Gasteiger partial charge in [-0.2, -0.15) is 0 Å². The van der Waals surface area contributed by atoms with Crippen LogP contribution in [0.25, 0.3) is 0 Å².